The van der Waals surface area contributed by atoms with E-state index in [0.29, 0.717) is 0 Å². The van der Waals surface area contributed by atoms with Crippen molar-refractivity contribution in [1.29, 1.82) is 0 Å². The van der Waals surface area contributed by atoms with Crippen LogP contribution >= 0.6 is 0 Å². The van der Waals surface area contributed by atoms with Crippen LogP contribution in [0.4, 0.5) is 0 Å². The van der Waals surface area contributed by atoms with Gasteiger partial charge in [0.15, 0.2) is 0 Å². The molecule has 2 heterocycles. The van der Waals surface area contributed by atoms with Crippen LogP contribution in [0.15, 0.2) is 6.20 Å². The van der Waals surface area contributed by atoms with E-state index in [0.717, 1.165) is 24.8 Å². The molecule has 2 fully saturated rings. The summed E-state index contributed by atoms with van der Waals surface area (Å²) in [6.45, 7) is 5.64. The predicted molar refractivity (Wildman–Crippen MR) is 70.2 cm³/mol. The molecule has 0 unspecified atom stereocenters. The van der Waals surface area contributed by atoms with Gasteiger partial charge in [0.1, 0.15) is 0 Å². The lowest BCUT2D eigenvalue weighted by Crippen LogP contribution is -2.21. The van der Waals surface area contributed by atoms with Gasteiger partial charge in [-0.2, -0.15) is 0 Å². The molecule has 1 aliphatic carbocycles. The molecule has 1 N–H and O–H groups in total. The second kappa shape index (κ2) is 5.80. The van der Waals surface area contributed by atoms with Crippen LogP contribution in [-0.4, -0.2) is 45.6 Å². The Labute approximate surface area is 109 Å². The molecule has 1 aromatic rings. The van der Waals surface area contributed by atoms with Gasteiger partial charge in [-0.3, -0.25) is 4.68 Å². The van der Waals surface area contributed by atoms with E-state index in [4.69, 9.17) is 0 Å². The molecule has 0 spiro atoms. The summed E-state index contributed by atoms with van der Waals surface area (Å²) in [7, 11) is 0. The fourth-order valence-electron chi connectivity index (χ4n) is 2.53. The van der Waals surface area contributed by atoms with Crippen molar-refractivity contribution < 1.29 is 0 Å². The third kappa shape index (κ3) is 3.53. The molecular weight excluding hydrogens is 226 g/mol. The molecule has 0 bridgehead atoms. The van der Waals surface area contributed by atoms with Gasteiger partial charge in [0.05, 0.1) is 5.69 Å². The number of hydrogen-bond acceptors (Lipinski definition) is 4. The van der Waals surface area contributed by atoms with Crippen LogP contribution in [0.2, 0.25) is 0 Å². The minimum absolute atomic E-state index is 0.741. The summed E-state index contributed by atoms with van der Waals surface area (Å²) in [5.41, 5.74) is 1.07. The van der Waals surface area contributed by atoms with Gasteiger partial charge in [-0.15, -0.1) is 5.10 Å². The second-order valence-electron chi connectivity index (χ2n) is 5.53. The Bertz CT molecular complexity index is 365. The largest absolute Gasteiger partial charge is 0.308 e. The number of nitrogens with zero attached hydrogens (tertiary/aromatic N) is 4. The molecule has 0 amide bonds. The highest BCUT2D eigenvalue weighted by Crippen LogP contribution is 2.18. The Balaban J connectivity index is 1.36. The molecule has 1 saturated heterocycles. The van der Waals surface area contributed by atoms with Crippen LogP contribution in [-0.2, 0) is 13.1 Å². The Kier molecular flexibility index (Phi) is 3.90. The maximum atomic E-state index is 4.20. The Morgan fingerprint density at radius 1 is 1.22 bits per heavy atom. The average molecular weight is 249 g/mol. The topological polar surface area (TPSA) is 46.0 Å². The fourth-order valence-corrected chi connectivity index (χ4v) is 2.53. The summed E-state index contributed by atoms with van der Waals surface area (Å²) in [4.78, 5) is 2.55. The first-order valence-corrected chi connectivity index (χ1v) is 7.25. The van der Waals surface area contributed by atoms with Gasteiger partial charge in [0.25, 0.3) is 0 Å². The first-order chi connectivity index (χ1) is 8.90. The van der Waals surface area contributed by atoms with Crippen LogP contribution in [0.3, 0.4) is 0 Å². The van der Waals surface area contributed by atoms with Crippen molar-refractivity contribution in [3.8, 4) is 0 Å². The minimum Gasteiger partial charge on any atom is -0.308 e. The van der Waals surface area contributed by atoms with Gasteiger partial charge < -0.3 is 10.2 Å². The maximum absolute atomic E-state index is 4.20. The average Bonchev–Trinajstić information content (AvgIpc) is 2.89. The van der Waals surface area contributed by atoms with E-state index in [1.807, 2.05) is 4.68 Å². The first-order valence-electron chi connectivity index (χ1n) is 7.25. The summed E-state index contributed by atoms with van der Waals surface area (Å²) in [6.07, 6.45) is 8.66. The first kappa shape index (κ1) is 12.1. The van der Waals surface area contributed by atoms with E-state index in [9.17, 15) is 0 Å². The lowest BCUT2D eigenvalue weighted by Gasteiger charge is -2.13. The molecule has 1 aromatic heterocycles. The Morgan fingerprint density at radius 3 is 2.83 bits per heavy atom. The molecule has 5 nitrogen and oxygen atoms in total. The van der Waals surface area contributed by atoms with Crippen molar-refractivity contribution in [3.63, 3.8) is 0 Å². The second-order valence-corrected chi connectivity index (χ2v) is 5.53. The predicted octanol–water partition coefficient (Wildman–Crippen LogP) is 1.02. The Hall–Kier alpha value is -0.940. The quantitative estimate of drug-likeness (QED) is 0.783. The highest BCUT2D eigenvalue weighted by atomic mass is 15.4. The molecule has 5 heteroatoms. The van der Waals surface area contributed by atoms with Crippen molar-refractivity contribution >= 4 is 0 Å². The molecule has 18 heavy (non-hydrogen) atoms. The van der Waals surface area contributed by atoms with Crippen molar-refractivity contribution in [1.82, 2.24) is 25.2 Å². The van der Waals surface area contributed by atoms with Crippen LogP contribution in [0.1, 0.15) is 37.8 Å². The fraction of sp³-hybridized carbons (Fsp3) is 0.846. The third-order valence-electron chi connectivity index (χ3n) is 3.80. The summed E-state index contributed by atoms with van der Waals surface area (Å²) in [6, 6.07) is 0.741. The van der Waals surface area contributed by atoms with Crippen molar-refractivity contribution in [2.75, 3.05) is 19.6 Å². The number of likely N-dealkylation sites (tertiary alicyclic amines) is 1. The summed E-state index contributed by atoms with van der Waals surface area (Å²) >= 11 is 0. The van der Waals surface area contributed by atoms with Gasteiger partial charge in [-0.25, -0.2) is 0 Å². The summed E-state index contributed by atoms with van der Waals surface area (Å²) in [5.74, 6) is 0. The molecular formula is C13H23N5. The number of hydrogen-bond donors (Lipinski definition) is 1. The van der Waals surface area contributed by atoms with Gasteiger partial charge in [0, 0.05) is 25.3 Å². The highest BCUT2D eigenvalue weighted by Gasteiger charge is 2.20. The van der Waals surface area contributed by atoms with E-state index in [-0.39, 0.29) is 0 Å². The molecule has 0 aromatic carbocycles. The molecule has 2 aliphatic rings. The lowest BCUT2D eigenvalue weighted by molar-refractivity contribution is 0.321. The normalized spacial score (nSPS) is 20.7. The van der Waals surface area contributed by atoms with Gasteiger partial charge in [-0.05, 0) is 51.7 Å². The number of rotatable bonds is 7. The van der Waals surface area contributed by atoms with Gasteiger partial charge in [-0.1, -0.05) is 5.21 Å². The van der Waals surface area contributed by atoms with E-state index < -0.39 is 0 Å². The number of nitrogens with one attached hydrogen (secondary N) is 1. The smallest absolute Gasteiger partial charge is 0.0964 e. The standard InChI is InChI=1S/C13H23N5/c1-2-7-17(6-1)8-3-9-18-11-13(15-16-18)10-14-12-4-5-12/h11-12,14H,1-10H2. The molecule has 1 aliphatic heterocycles. The van der Waals surface area contributed by atoms with E-state index in [1.165, 1.54) is 51.7 Å². The molecule has 0 atom stereocenters. The van der Waals surface area contributed by atoms with E-state index in [1.54, 1.807) is 0 Å². The zero-order valence-electron chi connectivity index (χ0n) is 11.0. The monoisotopic (exact) mass is 249 g/mol. The summed E-state index contributed by atoms with van der Waals surface area (Å²) in [5, 5.41) is 11.9. The molecule has 3 rings (SSSR count). The SMILES string of the molecule is c1c(CNC2CC2)nnn1CCCN1CCCC1. The van der Waals surface area contributed by atoms with Crippen LogP contribution in [0.25, 0.3) is 0 Å². The van der Waals surface area contributed by atoms with E-state index >= 15 is 0 Å². The van der Waals surface area contributed by atoms with Crippen LogP contribution < -0.4 is 5.32 Å². The molecule has 1 saturated carbocycles. The molecule has 100 valence electrons. The Morgan fingerprint density at radius 2 is 2.06 bits per heavy atom. The van der Waals surface area contributed by atoms with Crippen molar-refractivity contribution in [3.05, 3.63) is 11.9 Å². The highest BCUT2D eigenvalue weighted by molar-refractivity contribution is 4.94. The molecule has 0 radical (unpaired) electrons. The summed E-state index contributed by atoms with van der Waals surface area (Å²) < 4.78 is 1.99. The lowest BCUT2D eigenvalue weighted by atomic mass is 10.4. The van der Waals surface area contributed by atoms with Crippen LogP contribution in [0, 0.1) is 0 Å². The minimum atomic E-state index is 0.741. The maximum Gasteiger partial charge on any atom is 0.0964 e. The number of aryl methyl sites for hydroxylation is 1. The third-order valence-corrected chi connectivity index (χ3v) is 3.80. The zero-order valence-corrected chi connectivity index (χ0v) is 11.0. The zero-order chi connectivity index (χ0) is 12.2. The van der Waals surface area contributed by atoms with Crippen LogP contribution in [0.5, 0.6) is 0 Å². The van der Waals surface area contributed by atoms with Crippen molar-refractivity contribution in [2.45, 2.75) is 51.2 Å². The number of aromatic nitrogens is 3. The van der Waals surface area contributed by atoms with Crippen molar-refractivity contribution in [2.24, 2.45) is 0 Å². The van der Waals surface area contributed by atoms with Gasteiger partial charge >= 0.3 is 0 Å². The van der Waals surface area contributed by atoms with Gasteiger partial charge in [0.2, 0.25) is 0 Å². The van der Waals surface area contributed by atoms with E-state index in [2.05, 4.69) is 26.7 Å².